The van der Waals surface area contributed by atoms with Crippen LogP contribution in [0.25, 0.3) is 21.9 Å². The van der Waals surface area contributed by atoms with Gasteiger partial charge in [-0.3, -0.25) is 9.59 Å². The van der Waals surface area contributed by atoms with Gasteiger partial charge in [0.05, 0.1) is 17.1 Å². The van der Waals surface area contributed by atoms with Crippen molar-refractivity contribution < 1.29 is 9.59 Å². The van der Waals surface area contributed by atoms with Crippen molar-refractivity contribution in [2.75, 3.05) is 39.0 Å². The first-order chi connectivity index (χ1) is 21.4. The van der Waals surface area contributed by atoms with Crippen LogP contribution in [0.2, 0.25) is 0 Å². The number of pyridine rings is 1. The number of nitrogen functional groups attached to an aromatic ring is 1. The van der Waals surface area contributed by atoms with Crippen LogP contribution in [-0.2, 0) is 22.6 Å². The van der Waals surface area contributed by atoms with E-state index in [0.717, 1.165) is 105 Å². The fourth-order valence-electron chi connectivity index (χ4n) is 6.59. The highest BCUT2D eigenvalue weighted by atomic mass is 16.1. The number of aromatic nitrogens is 3. The van der Waals surface area contributed by atoms with E-state index in [-0.39, 0.29) is 17.7 Å². The molecule has 0 bridgehead atoms. The molecule has 0 radical (unpaired) electrons. The van der Waals surface area contributed by atoms with Gasteiger partial charge in [-0.25, -0.2) is 9.97 Å². The van der Waals surface area contributed by atoms with Gasteiger partial charge >= 0.3 is 0 Å². The second-order valence-electron chi connectivity index (χ2n) is 12.7. The van der Waals surface area contributed by atoms with Gasteiger partial charge in [0.15, 0.2) is 5.82 Å². The van der Waals surface area contributed by atoms with Crippen molar-refractivity contribution >= 4 is 39.4 Å². The van der Waals surface area contributed by atoms with Crippen LogP contribution in [0.15, 0.2) is 24.3 Å². The van der Waals surface area contributed by atoms with Crippen molar-refractivity contribution in [3.8, 4) is 0 Å². The van der Waals surface area contributed by atoms with Crippen molar-refractivity contribution in [1.29, 1.82) is 0 Å². The summed E-state index contributed by atoms with van der Waals surface area (Å²) in [5, 5.41) is 7.22. The summed E-state index contributed by atoms with van der Waals surface area (Å²) in [6.45, 7) is 8.99. The average molecular weight is 606 g/mol. The van der Waals surface area contributed by atoms with Crippen molar-refractivity contribution in [1.82, 2.24) is 30.1 Å². The largest absolute Gasteiger partial charge is 0.382 e. The highest BCUT2D eigenvalue weighted by Gasteiger charge is 2.23. The van der Waals surface area contributed by atoms with E-state index in [0.29, 0.717) is 24.7 Å². The summed E-state index contributed by atoms with van der Waals surface area (Å²) in [6, 6.07) is 8.24. The number of fused-ring (bicyclic) bond motifs is 3. The number of amides is 1. The number of anilines is 1. The molecule has 1 amide bonds. The zero-order chi connectivity index (χ0) is 31.3. The molecule has 1 aromatic carbocycles. The number of carbonyl (C=O) groups is 2. The Morgan fingerprint density at radius 3 is 2.55 bits per heavy atom. The molecule has 1 aliphatic rings. The zero-order valence-corrected chi connectivity index (χ0v) is 27.4. The summed E-state index contributed by atoms with van der Waals surface area (Å²) in [6.07, 6.45) is 13.4. The molecule has 1 saturated heterocycles. The smallest absolute Gasteiger partial charge is 0.219 e. The molecule has 0 saturated carbocycles. The number of hydrogen-bond acceptors (Lipinski definition) is 7. The third-order valence-electron chi connectivity index (χ3n) is 9.30. The van der Waals surface area contributed by atoms with Gasteiger partial charge in [-0.15, -0.1) is 0 Å². The maximum absolute atomic E-state index is 12.2. The average Bonchev–Trinajstić information content (AvgIpc) is 3.39. The van der Waals surface area contributed by atoms with Gasteiger partial charge in [-0.05, 0) is 97.0 Å². The van der Waals surface area contributed by atoms with E-state index in [1.807, 2.05) is 19.2 Å². The molecule has 1 aliphatic heterocycles. The van der Waals surface area contributed by atoms with Crippen LogP contribution in [0.5, 0.6) is 0 Å². The molecule has 4 rings (SSSR count). The second-order valence-corrected chi connectivity index (χ2v) is 12.7. The number of rotatable bonds is 19. The number of nitrogens with two attached hydrogens (primary N) is 1. The number of unbranched alkanes of at least 4 members (excludes halogenated alkanes) is 5. The number of benzene rings is 1. The van der Waals surface area contributed by atoms with Gasteiger partial charge in [0.25, 0.3) is 0 Å². The van der Waals surface area contributed by atoms with Crippen LogP contribution in [0, 0.1) is 5.92 Å². The Balaban J connectivity index is 1.15. The third kappa shape index (κ3) is 9.48. The number of nitrogens with zero attached hydrogens (tertiary/aromatic N) is 4. The van der Waals surface area contributed by atoms with Gasteiger partial charge in [0.2, 0.25) is 5.91 Å². The van der Waals surface area contributed by atoms with Crippen LogP contribution < -0.4 is 16.4 Å². The van der Waals surface area contributed by atoms with Gasteiger partial charge in [-0.2, -0.15) is 0 Å². The molecule has 2 aromatic heterocycles. The first-order valence-electron chi connectivity index (χ1n) is 17.1. The van der Waals surface area contributed by atoms with Gasteiger partial charge in [0, 0.05) is 31.3 Å². The molecule has 3 heterocycles. The first kappa shape index (κ1) is 33.8. The molecule has 0 spiro atoms. The highest BCUT2D eigenvalue weighted by Crippen LogP contribution is 2.31. The predicted molar refractivity (Wildman–Crippen MR) is 181 cm³/mol. The van der Waals surface area contributed by atoms with Crippen molar-refractivity contribution in [2.45, 2.75) is 110 Å². The van der Waals surface area contributed by atoms with E-state index in [1.165, 1.54) is 25.7 Å². The molecule has 9 heteroatoms. The summed E-state index contributed by atoms with van der Waals surface area (Å²) in [4.78, 5) is 35.9. The van der Waals surface area contributed by atoms with E-state index in [1.54, 1.807) is 6.92 Å². The Kier molecular flexibility index (Phi) is 13.4. The molecular formula is C35H55N7O2. The number of likely N-dealkylation sites (tertiary alicyclic amines) is 1. The number of aryl methyl sites for hydroxylation is 1. The Morgan fingerprint density at radius 1 is 1.02 bits per heavy atom. The lowest BCUT2D eigenvalue weighted by molar-refractivity contribution is -0.121. The van der Waals surface area contributed by atoms with Crippen molar-refractivity contribution in [3.05, 3.63) is 30.1 Å². The summed E-state index contributed by atoms with van der Waals surface area (Å²) < 4.78 is 2.47. The summed E-state index contributed by atoms with van der Waals surface area (Å²) >= 11 is 0. The van der Waals surface area contributed by atoms with E-state index < -0.39 is 0 Å². The standard InChI is InChI=1S/C35H55N7O2/c1-4-5-17-31-40-33-34(28-14-9-10-16-30(28)39-35(33)36)42(31)25-27-19-23-41(24-20-27)22-13-7-6-8-18-32(44)38-21-12-11-15-29(37-3)26(2)43/h9-10,14,16,27,29,37H,4-8,11-13,15,17-25H2,1-3H3,(H2,36,39)(H,38,44). The molecule has 9 nitrogen and oxygen atoms in total. The van der Waals surface area contributed by atoms with E-state index in [9.17, 15) is 9.59 Å². The number of likely N-dealkylation sites (N-methyl/N-ethyl adjacent to an activating group) is 1. The molecule has 1 unspecified atom stereocenters. The monoisotopic (exact) mass is 605 g/mol. The fraction of sp³-hybridized carbons (Fsp3) is 0.657. The lowest BCUT2D eigenvalue weighted by Gasteiger charge is -2.32. The van der Waals surface area contributed by atoms with Crippen LogP contribution in [-0.4, -0.2) is 70.4 Å². The molecule has 44 heavy (non-hydrogen) atoms. The van der Waals surface area contributed by atoms with Gasteiger partial charge in [0.1, 0.15) is 17.1 Å². The number of para-hydroxylation sites is 1. The van der Waals surface area contributed by atoms with Crippen molar-refractivity contribution in [2.24, 2.45) is 5.92 Å². The molecule has 1 atom stereocenters. The maximum Gasteiger partial charge on any atom is 0.219 e. The third-order valence-corrected chi connectivity index (χ3v) is 9.30. The zero-order valence-electron chi connectivity index (χ0n) is 27.4. The maximum atomic E-state index is 12.2. The molecule has 1 fully saturated rings. The number of Topliss-reactive ketones (excluding diaryl/α,β-unsaturated/α-hetero) is 1. The summed E-state index contributed by atoms with van der Waals surface area (Å²) in [5.41, 5.74) is 9.35. The molecule has 242 valence electrons. The Hall–Kier alpha value is -3.04. The Bertz CT molecular complexity index is 1350. The van der Waals surface area contributed by atoms with E-state index in [2.05, 4.69) is 44.1 Å². The Morgan fingerprint density at radius 2 is 1.80 bits per heavy atom. The first-order valence-corrected chi connectivity index (χ1v) is 17.1. The summed E-state index contributed by atoms with van der Waals surface area (Å²) in [5.74, 6) is 2.64. The molecule has 0 aliphatic carbocycles. The topological polar surface area (TPSA) is 118 Å². The minimum Gasteiger partial charge on any atom is -0.382 e. The van der Waals surface area contributed by atoms with Crippen molar-refractivity contribution in [3.63, 3.8) is 0 Å². The number of nitrogens with one attached hydrogen (secondary N) is 2. The minimum absolute atomic E-state index is 0.0666. The van der Waals surface area contributed by atoms with Crippen LogP contribution in [0.4, 0.5) is 5.82 Å². The highest BCUT2D eigenvalue weighted by molar-refractivity contribution is 6.06. The number of piperidine rings is 1. The summed E-state index contributed by atoms with van der Waals surface area (Å²) in [7, 11) is 1.82. The second kappa shape index (κ2) is 17.4. The van der Waals surface area contributed by atoms with Crippen LogP contribution in [0.1, 0.15) is 96.7 Å². The Labute approximate surface area is 263 Å². The molecule has 3 aromatic rings. The SMILES string of the molecule is CCCCc1nc2c(N)nc3ccccc3c2n1CC1CCN(CCCCCCC(=O)NCCCCC(NC)C(C)=O)CC1. The number of ketones is 1. The molecule has 4 N–H and O–H groups in total. The lowest BCUT2D eigenvalue weighted by atomic mass is 9.96. The van der Waals surface area contributed by atoms with E-state index >= 15 is 0 Å². The minimum atomic E-state index is -0.0666. The normalized spacial score (nSPS) is 15.2. The molecular weight excluding hydrogens is 550 g/mol. The number of hydrogen-bond donors (Lipinski definition) is 3. The van der Waals surface area contributed by atoms with Gasteiger partial charge in [-0.1, -0.05) is 44.4 Å². The van der Waals surface area contributed by atoms with Crippen LogP contribution >= 0.6 is 0 Å². The quantitative estimate of drug-likeness (QED) is 0.152. The number of carbonyl (C=O) groups excluding carboxylic acids is 2. The van der Waals surface area contributed by atoms with E-state index in [4.69, 9.17) is 10.7 Å². The number of imidazole rings is 1. The lowest BCUT2D eigenvalue weighted by Crippen LogP contribution is -2.35. The predicted octanol–water partition coefficient (Wildman–Crippen LogP) is 5.64. The fourth-order valence-corrected chi connectivity index (χ4v) is 6.59. The van der Waals surface area contributed by atoms with Gasteiger partial charge < -0.3 is 25.8 Å². The van der Waals surface area contributed by atoms with Crippen LogP contribution in [0.3, 0.4) is 0 Å².